The largest absolute Gasteiger partial charge is 0.309 e. The Kier molecular flexibility index (Phi) is 6.49. The fraction of sp³-hybridized carbons (Fsp3) is 0. The van der Waals surface area contributed by atoms with Crippen LogP contribution in [0.5, 0.6) is 0 Å². The Hall–Kier alpha value is -6.71. The second-order valence-corrected chi connectivity index (χ2v) is 12.8. The quantitative estimate of drug-likeness (QED) is 0.184. The summed E-state index contributed by atoms with van der Waals surface area (Å²) in [6, 6.07) is 67.3. The summed E-state index contributed by atoms with van der Waals surface area (Å²) in [5.41, 5.74) is 13.6. The van der Waals surface area contributed by atoms with E-state index in [4.69, 9.17) is 5.10 Å². The number of hydrogen-bond donors (Lipinski definition) is 0. The standard InChI is InChI=1S/C47H31N3/c1-4-14-33(15-5-1)44-31-37-30-36(32-24-27-38(28-25-32)49-42-22-12-10-20-40(42)41-21-11-13-23-43(41)49)26-29-39(37)47-45(34-16-6-2-7-17-34)46(48-50(44)47)35-18-8-3-9-19-35/h1-31H. The molecule has 0 saturated heterocycles. The van der Waals surface area contributed by atoms with Gasteiger partial charge < -0.3 is 4.57 Å². The van der Waals surface area contributed by atoms with Gasteiger partial charge >= 0.3 is 0 Å². The molecule has 3 heterocycles. The van der Waals surface area contributed by atoms with E-state index in [2.05, 4.69) is 197 Å². The molecule has 0 N–H and O–H groups in total. The number of pyridine rings is 1. The lowest BCUT2D eigenvalue weighted by atomic mass is 9.95. The Labute approximate surface area is 289 Å². The predicted octanol–water partition coefficient (Wildman–Crippen LogP) is 12.3. The molecule has 0 bridgehead atoms. The minimum Gasteiger partial charge on any atom is -0.309 e. The van der Waals surface area contributed by atoms with Crippen LogP contribution in [0.1, 0.15) is 0 Å². The number of para-hydroxylation sites is 2. The Balaban J connectivity index is 1.18. The number of rotatable bonds is 5. The first-order valence-corrected chi connectivity index (χ1v) is 17.1. The molecule has 0 saturated carbocycles. The van der Waals surface area contributed by atoms with Crippen molar-refractivity contribution in [1.82, 2.24) is 14.2 Å². The smallest absolute Gasteiger partial charge is 0.101 e. The molecule has 234 valence electrons. The highest BCUT2D eigenvalue weighted by atomic mass is 15.2. The number of fused-ring (bicyclic) bond motifs is 6. The summed E-state index contributed by atoms with van der Waals surface area (Å²) in [5, 5.41) is 10.2. The number of nitrogens with zero attached hydrogens (tertiary/aromatic N) is 3. The van der Waals surface area contributed by atoms with Gasteiger partial charge in [0.2, 0.25) is 0 Å². The predicted molar refractivity (Wildman–Crippen MR) is 209 cm³/mol. The molecule has 3 aromatic heterocycles. The molecule has 0 radical (unpaired) electrons. The van der Waals surface area contributed by atoms with Crippen molar-refractivity contribution in [2.24, 2.45) is 0 Å². The summed E-state index contributed by atoms with van der Waals surface area (Å²) in [6.45, 7) is 0. The maximum atomic E-state index is 5.36. The number of hydrogen-bond acceptors (Lipinski definition) is 1. The molecule has 0 spiro atoms. The van der Waals surface area contributed by atoms with Crippen LogP contribution in [-0.2, 0) is 0 Å². The van der Waals surface area contributed by atoms with Crippen LogP contribution in [0.2, 0.25) is 0 Å². The van der Waals surface area contributed by atoms with E-state index in [1.807, 2.05) is 0 Å². The first-order valence-electron chi connectivity index (χ1n) is 17.1. The Morgan fingerprint density at radius 3 is 1.56 bits per heavy atom. The van der Waals surface area contributed by atoms with Gasteiger partial charge in [0.1, 0.15) is 5.69 Å². The Bertz CT molecular complexity index is 2780. The third-order valence-corrected chi connectivity index (χ3v) is 9.93. The lowest BCUT2D eigenvalue weighted by molar-refractivity contribution is 0.979. The highest BCUT2D eigenvalue weighted by Crippen LogP contribution is 2.42. The summed E-state index contributed by atoms with van der Waals surface area (Å²) < 4.78 is 4.52. The molecular weight excluding hydrogens is 607 g/mol. The van der Waals surface area contributed by atoms with Crippen molar-refractivity contribution in [3.63, 3.8) is 0 Å². The van der Waals surface area contributed by atoms with Crippen LogP contribution < -0.4 is 0 Å². The monoisotopic (exact) mass is 637 g/mol. The van der Waals surface area contributed by atoms with Crippen molar-refractivity contribution in [2.75, 3.05) is 0 Å². The van der Waals surface area contributed by atoms with E-state index in [0.717, 1.165) is 44.8 Å². The maximum absolute atomic E-state index is 5.36. The molecule has 0 atom stereocenters. The molecule has 0 aliphatic rings. The molecule has 3 heteroatoms. The highest BCUT2D eigenvalue weighted by molar-refractivity contribution is 6.10. The lowest BCUT2D eigenvalue weighted by Gasteiger charge is -2.13. The summed E-state index contributed by atoms with van der Waals surface area (Å²) in [5.74, 6) is 0. The zero-order valence-electron chi connectivity index (χ0n) is 27.2. The molecule has 0 aliphatic heterocycles. The SMILES string of the molecule is c1ccc(-c2nn3c(-c4ccccc4)cc4cc(-c5ccc(-n6c7ccccc7c7ccccc76)cc5)ccc4c3c2-c2ccccc2)cc1. The van der Waals surface area contributed by atoms with Crippen LogP contribution in [0.25, 0.3) is 88.6 Å². The summed E-state index contributed by atoms with van der Waals surface area (Å²) in [7, 11) is 0. The second kappa shape index (κ2) is 11.5. The van der Waals surface area contributed by atoms with Gasteiger partial charge in [-0.05, 0) is 58.5 Å². The minimum atomic E-state index is 0.978. The van der Waals surface area contributed by atoms with E-state index < -0.39 is 0 Å². The van der Waals surface area contributed by atoms with E-state index in [1.165, 1.54) is 43.7 Å². The molecule has 10 aromatic rings. The van der Waals surface area contributed by atoms with Crippen LogP contribution in [-0.4, -0.2) is 14.2 Å². The van der Waals surface area contributed by atoms with Crippen molar-refractivity contribution in [3.05, 3.63) is 188 Å². The molecule has 0 fully saturated rings. The van der Waals surface area contributed by atoms with Gasteiger partial charge in [0, 0.05) is 38.5 Å². The maximum Gasteiger partial charge on any atom is 0.101 e. The van der Waals surface area contributed by atoms with Gasteiger partial charge in [0.25, 0.3) is 0 Å². The average molecular weight is 638 g/mol. The average Bonchev–Trinajstić information content (AvgIpc) is 3.76. The van der Waals surface area contributed by atoms with Gasteiger partial charge in [-0.2, -0.15) is 5.10 Å². The molecular formula is C47H31N3. The van der Waals surface area contributed by atoms with Crippen LogP contribution in [0.3, 0.4) is 0 Å². The zero-order valence-corrected chi connectivity index (χ0v) is 27.2. The third kappa shape index (κ3) is 4.48. The van der Waals surface area contributed by atoms with Crippen molar-refractivity contribution in [3.8, 4) is 50.5 Å². The van der Waals surface area contributed by atoms with Gasteiger partial charge in [0.05, 0.1) is 22.2 Å². The van der Waals surface area contributed by atoms with Crippen LogP contribution in [0.15, 0.2) is 188 Å². The highest BCUT2D eigenvalue weighted by Gasteiger charge is 2.22. The van der Waals surface area contributed by atoms with Crippen LogP contribution >= 0.6 is 0 Å². The first-order chi connectivity index (χ1) is 24.8. The minimum absolute atomic E-state index is 0.978. The molecule has 0 unspecified atom stereocenters. The van der Waals surface area contributed by atoms with Crippen molar-refractivity contribution < 1.29 is 0 Å². The molecule has 10 rings (SSSR count). The van der Waals surface area contributed by atoms with Crippen LogP contribution in [0, 0.1) is 0 Å². The van der Waals surface area contributed by atoms with Crippen molar-refractivity contribution >= 4 is 38.1 Å². The van der Waals surface area contributed by atoms with Crippen molar-refractivity contribution in [2.45, 2.75) is 0 Å². The van der Waals surface area contributed by atoms with Crippen molar-refractivity contribution in [1.29, 1.82) is 0 Å². The Morgan fingerprint density at radius 2 is 0.920 bits per heavy atom. The number of benzene rings is 7. The van der Waals surface area contributed by atoms with Gasteiger partial charge in [0.15, 0.2) is 0 Å². The molecule has 7 aromatic carbocycles. The van der Waals surface area contributed by atoms with E-state index in [-0.39, 0.29) is 0 Å². The second-order valence-electron chi connectivity index (χ2n) is 12.8. The van der Waals surface area contributed by atoms with Gasteiger partial charge in [-0.3, -0.25) is 0 Å². The first kappa shape index (κ1) is 28.3. The number of aromatic nitrogens is 3. The van der Waals surface area contributed by atoms with E-state index in [1.54, 1.807) is 0 Å². The fourth-order valence-corrected chi connectivity index (χ4v) is 7.62. The summed E-state index contributed by atoms with van der Waals surface area (Å²) in [4.78, 5) is 0. The van der Waals surface area contributed by atoms with Crippen LogP contribution in [0.4, 0.5) is 0 Å². The zero-order chi connectivity index (χ0) is 33.0. The van der Waals surface area contributed by atoms with Gasteiger partial charge in [-0.1, -0.05) is 152 Å². The molecule has 0 amide bonds. The van der Waals surface area contributed by atoms with Gasteiger partial charge in [-0.25, -0.2) is 4.52 Å². The van der Waals surface area contributed by atoms with Gasteiger partial charge in [-0.15, -0.1) is 0 Å². The Morgan fingerprint density at radius 1 is 0.380 bits per heavy atom. The summed E-state index contributed by atoms with van der Waals surface area (Å²) in [6.07, 6.45) is 0. The molecule has 0 aliphatic carbocycles. The lowest BCUT2D eigenvalue weighted by Crippen LogP contribution is -1.96. The molecule has 50 heavy (non-hydrogen) atoms. The summed E-state index contributed by atoms with van der Waals surface area (Å²) >= 11 is 0. The van der Waals surface area contributed by atoms with E-state index >= 15 is 0 Å². The van der Waals surface area contributed by atoms with E-state index in [9.17, 15) is 0 Å². The van der Waals surface area contributed by atoms with E-state index in [0.29, 0.717) is 0 Å². The third-order valence-electron chi connectivity index (χ3n) is 9.93. The normalized spacial score (nSPS) is 11.6. The molecule has 3 nitrogen and oxygen atoms in total. The fourth-order valence-electron chi connectivity index (χ4n) is 7.62. The topological polar surface area (TPSA) is 22.2 Å².